The molecule has 0 spiro atoms. The van der Waals surface area contributed by atoms with E-state index in [2.05, 4.69) is 26.2 Å². The van der Waals surface area contributed by atoms with Crippen LogP contribution in [-0.2, 0) is 0 Å². The van der Waals surface area contributed by atoms with Gasteiger partial charge in [0.2, 0.25) is 0 Å². The minimum absolute atomic E-state index is 0.0546. The molecule has 0 atom stereocenters. The van der Waals surface area contributed by atoms with E-state index in [-0.39, 0.29) is 5.69 Å². The predicted octanol–water partition coefficient (Wildman–Crippen LogP) is 4.15. The zero-order valence-corrected chi connectivity index (χ0v) is 11.3. The summed E-state index contributed by atoms with van der Waals surface area (Å²) in [4.78, 5) is 14.2. The van der Waals surface area contributed by atoms with Crippen LogP contribution in [0.25, 0.3) is 0 Å². The summed E-state index contributed by atoms with van der Waals surface area (Å²) in [5.74, 6) is 0. The van der Waals surface area contributed by atoms with Crippen LogP contribution in [-0.4, -0.2) is 9.91 Å². The number of hydrogen-bond acceptors (Lipinski definition) is 4. The molecule has 5 nitrogen and oxygen atoms in total. The summed E-state index contributed by atoms with van der Waals surface area (Å²) >= 11 is 9.31. The van der Waals surface area contributed by atoms with Crippen molar-refractivity contribution in [2.75, 3.05) is 5.32 Å². The topological polar surface area (TPSA) is 68.1 Å². The van der Waals surface area contributed by atoms with Crippen molar-refractivity contribution < 1.29 is 4.92 Å². The van der Waals surface area contributed by atoms with Gasteiger partial charge in [0.05, 0.1) is 21.8 Å². The monoisotopic (exact) mass is 327 g/mol. The number of pyridine rings is 1. The molecule has 0 aliphatic heterocycles. The Balaban J connectivity index is 2.40. The number of benzene rings is 1. The third kappa shape index (κ3) is 2.77. The first-order valence-corrected chi connectivity index (χ1v) is 6.05. The van der Waals surface area contributed by atoms with Crippen LogP contribution in [0.1, 0.15) is 0 Å². The molecule has 1 aromatic heterocycles. The molecule has 1 heterocycles. The van der Waals surface area contributed by atoms with E-state index in [1.807, 2.05) is 0 Å². The maximum absolute atomic E-state index is 10.9. The van der Waals surface area contributed by atoms with Gasteiger partial charge in [-0.05, 0) is 18.2 Å². The third-order valence-corrected chi connectivity index (χ3v) is 3.02. The van der Waals surface area contributed by atoms with E-state index in [0.29, 0.717) is 16.4 Å². The SMILES string of the molecule is O=[N+]([O-])c1ccncc1Nc1cc(Br)ccc1Cl. The van der Waals surface area contributed by atoms with Crippen molar-refractivity contribution in [3.63, 3.8) is 0 Å². The van der Waals surface area contributed by atoms with Crippen molar-refractivity contribution in [1.82, 2.24) is 4.98 Å². The van der Waals surface area contributed by atoms with Gasteiger partial charge in [-0.2, -0.15) is 0 Å². The summed E-state index contributed by atoms with van der Waals surface area (Å²) < 4.78 is 0.820. The fraction of sp³-hybridized carbons (Fsp3) is 0. The third-order valence-electron chi connectivity index (χ3n) is 2.19. The van der Waals surface area contributed by atoms with Crippen molar-refractivity contribution in [3.8, 4) is 0 Å². The van der Waals surface area contributed by atoms with Crippen molar-refractivity contribution in [2.45, 2.75) is 0 Å². The largest absolute Gasteiger partial charge is 0.347 e. The van der Waals surface area contributed by atoms with E-state index in [1.165, 1.54) is 18.5 Å². The van der Waals surface area contributed by atoms with Gasteiger partial charge in [0.1, 0.15) is 5.69 Å². The lowest BCUT2D eigenvalue weighted by atomic mass is 10.3. The molecule has 18 heavy (non-hydrogen) atoms. The van der Waals surface area contributed by atoms with E-state index in [4.69, 9.17) is 11.6 Å². The van der Waals surface area contributed by atoms with E-state index < -0.39 is 4.92 Å². The summed E-state index contributed by atoms with van der Waals surface area (Å²) in [5.41, 5.74) is 0.811. The molecule has 0 aliphatic carbocycles. The minimum atomic E-state index is -0.476. The van der Waals surface area contributed by atoms with Crippen LogP contribution in [0.3, 0.4) is 0 Å². The molecule has 2 rings (SSSR count). The van der Waals surface area contributed by atoms with Gasteiger partial charge < -0.3 is 5.32 Å². The summed E-state index contributed by atoms with van der Waals surface area (Å²) in [6, 6.07) is 6.54. The Morgan fingerprint density at radius 1 is 1.33 bits per heavy atom. The Hall–Kier alpha value is -1.66. The van der Waals surface area contributed by atoms with Gasteiger partial charge in [0.25, 0.3) is 5.69 Å². The average Bonchev–Trinajstić information content (AvgIpc) is 2.34. The fourth-order valence-electron chi connectivity index (χ4n) is 1.38. The van der Waals surface area contributed by atoms with Gasteiger partial charge in [-0.15, -0.1) is 0 Å². The number of nitro groups is 1. The molecule has 0 radical (unpaired) electrons. The maximum Gasteiger partial charge on any atom is 0.295 e. The van der Waals surface area contributed by atoms with Crippen LogP contribution in [0.15, 0.2) is 41.1 Å². The molecule has 0 fully saturated rings. The molecular formula is C11H7BrClN3O2. The molecule has 0 unspecified atom stereocenters. The maximum atomic E-state index is 10.9. The number of nitrogens with zero attached hydrogens (tertiary/aromatic N) is 2. The van der Waals surface area contributed by atoms with Crippen LogP contribution in [0.4, 0.5) is 17.1 Å². The zero-order chi connectivity index (χ0) is 13.1. The second-order valence-corrected chi connectivity index (χ2v) is 4.72. The molecule has 0 saturated heterocycles. The molecule has 92 valence electrons. The summed E-state index contributed by atoms with van der Waals surface area (Å²) in [7, 11) is 0. The Morgan fingerprint density at radius 2 is 2.11 bits per heavy atom. The second-order valence-electron chi connectivity index (χ2n) is 3.40. The minimum Gasteiger partial charge on any atom is -0.347 e. The van der Waals surface area contributed by atoms with E-state index in [0.717, 1.165) is 4.47 Å². The first kappa shape index (κ1) is 12.8. The van der Waals surface area contributed by atoms with Gasteiger partial charge in [-0.3, -0.25) is 15.1 Å². The van der Waals surface area contributed by atoms with Gasteiger partial charge in [0.15, 0.2) is 0 Å². The van der Waals surface area contributed by atoms with Gasteiger partial charge in [-0.25, -0.2) is 0 Å². The Bertz CT molecular complexity index is 607. The van der Waals surface area contributed by atoms with Crippen molar-refractivity contribution >= 4 is 44.6 Å². The summed E-state index contributed by atoms with van der Waals surface area (Å²) in [6.45, 7) is 0. The van der Waals surface area contributed by atoms with Gasteiger partial charge in [0, 0.05) is 16.7 Å². The highest BCUT2D eigenvalue weighted by Gasteiger charge is 2.14. The van der Waals surface area contributed by atoms with Crippen LogP contribution in [0, 0.1) is 10.1 Å². The molecule has 1 aromatic carbocycles. The highest BCUT2D eigenvalue weighted by molar-refractivity contribution is 9.10. The fourth-order valence-corrected chi connectivity index (χ4v) is 1.91. The molecule has 7 heteroatoms. The normalized spacial score (nSPS) is 10.1. The van der Waals surface area contributed by atoms with Crippen LogP contribution < -0.4 is 5.32 Å². The smallest absolute Gasteiger partial charge is 0.295 e. The lowest BCUT2D eigenvalue weighted by molar-refractivity contribution is -0.384. The van der Waals surface area contributed by atoms with Crippen LogP contribution in [0.5, 0.6) is 0 Å². The summed E-state index contributed by atoms with van der Waals surface area (Å²) in [5, 5.41) is 14.2. The van der Waals surface area contributed by atoms with Gasteiger partial charge >= 0.3 is 0 Å². The molecule has 0 amide bonds. The second kappa shape index (κ2) is 5.32. The molecule has 1 N–H and O–H groups in total. The molecule has 2 aromatic rings. The molecule has 0 saturated carbocycles. The predicted molar refractivity (Wildman–Crippen MR) is 73.3 cm³/mol. The number of anilines is 2. The Morgan fingerprint density at radius 3 is 2.83 bits per heavy atom. The average molecular weight is 329 g/mol. The first-order valence-electron chi connectivity index (χ1n) is 4.88. The molecule has 0 aliphatic rings. The lowest BCUT2D eigenvalue weighted by Crippen LogP contribution is -1.98. The standard InChI is InChI=1S/C11H7BrClN3O2/c12-7-1-2-8(13)9(5-7)15-10-6-14-4-3-11(10)16(17)18/h1-6,15H. The van der Waals surface area contributed by atoms with Crippen molar-refractivity contribution in [3.05, 3.63) is 56.3 Å². The number of halogens is 2. The van der Waals surface area contributed by atoms with Crippen molar-refractivity contribution in [1.29, 1.82) is 0 Å². The van der Waals surface area contributed by atoms with E-state index in [1.54, 1.807) is 18.2 Å². The quantitative estimate of drug-likeness (QED) is 0.679. The Labute approximate surface area is 116 Å². The summed E-state index contributed by atoms with van der Waals surface area (Å²) in [6.07, 6.45) is 2.75. The lowest BCUT2D eigenvalue weighted by Gasteiger charge is -2.08. The number of hydrogen-bond donors (Lipinski definition) is 1. The highest BCUT2D eigenvalue weighted by atomic mass is 79.9. The van der Waals surface area contributed by atoms with Crippen LogP contribution in [0.2, 0.25) is 5.02 Å². The zero-order valence-electron chi connectivity index (χ0n) is 8.93. The highest BCUT2D eigenvalue weighted by Crippen LogP contribution is 2.31. The van der Waals surface area contributed by atoms with E-state index in [9.17, 15) is 10.1 Å². The molecular weight excluding hydrogens is 321 g/mol. The van der Waals surface area contributed by atoms with E-state index >= 15 is 0 Å². The number of nitrogens with one attached hydrogen (secondary N) is 1. The first-order chi connectivity index (χ1) is 8.58. The number of aromatic nitrogens is 1. The van der Waals surface area contributed by atoms with Crippen LogP contribution >= 0.6 is 27.5 Å². The number of rotatable bonds is 3. The molecule has 0 bridgehead atoms. The Kier molecular flexibility index (Phi) is 3.78. The van der Waals surface area contributed by atoms with Crippen molar-refractivity contribution in [2.24, 2.45) is 0 Å². The van der Waals surface area contributed by atoms with Gasteiger partial charge in [-0.1, -0.05) is 27.5 Å².